The van der Waals surface area contributed by atoms with Gasteiger partial charge in [-0.05, 0) is 42.5 Å². The Balaban J connectivity index is 1.88. The minimum Gasteiger partial charge on any atom is -0.457 e. The van der Waals surface area contributed by atoms with Crippen molar-refractivity contribution in [3.63, 3.8) is 0 Å². The smallest absolute Gasteiger partial charge is 0.328 e. The van der Waals surface area contributed by atoms with Gasteiger partial charge in [0.25, 0.3) is 21.9 Å². The van der Waals surface area contributed by atoms with E-state index in [-0.39, 0.29) is 16.2 Å². The first-order valence-corrected chi connectivity index (χ1v) is 8.24. The van der Waals surface area contributed by atoms with Crippen molar-refractivity contribution < 1.29 is 31.8 Å². The van der Waals surface area contributed by atoms with Gasteiger partial charge in [0.15, 0.2) is 0 Å². The first-order valence-electron chi connectivity index (χ1n) is 6.80. The van der Waals surface area contributed by atoms with Crippen LogP contribution < -0.4 is 10.6 Å². The van der Waals surface area contributed by atoms with Crippen LogP contribution in [0, 0.1) is 0 Å². The number of carbonyl (C=O) groups is 3. The third kappa shape index (κ3) is 3.49. The molecule has 9 nitrogen and oxygen atoms in total. The van der Waals surface area contributed by atoms with Gasteiger partial charge in [-0.1, -0.05) is 0 Å². The number of imide groups is 2. The lowest BCUT2D eigenvalue weighted by Gasteiger charge is -2.13. The molecule has 0 bridgehead atoms. The fraction of sp³-hybridized carbons (Fsp3) is 0. The number of hydrogen-bond acceptors (Lipinski definition) is 6. The number of urea groups is 1. The highest BCUT2D eigenvalue weighted by atomic mass is 32.2. The van der Waals surface area contributed by atoms with Gasteiger partial charge in [-0.25, -0.2) is 4.79 Å². The third-order valence-corrected chi connectivity index (χ3v) is 4.16. The topological polar surface area (TPSA) is 143 Å². The highest BCUT2D eigenvalue weighted by molar-refractivity contribution is 7.85. The van der Waals surface area contributed by atoms with Crippen LogP contribution in [-0.2, 0) is 19.7 Å². The minimum atomic E-state index is -4.29. The summed E-state index contributed by atoms with van der Waals surface area (Å²) in [6, 6.07) is 7.42. The van der Waals surface area contributed by atoms with Crippen LogP contribution in [0.4, 0.5) is 4.79 Å². The first-order chi connectivity index (χ1) is 11.7. The summed E-state index contributed by atoms with van der Waals surface area (Å²) in [5.74, 6) is -1.15. The molecule has 0 saturated carbocycles. The Morgan fingerprint density at radius 2 is 1.52 bits per heavy atom. The number of hydrogen-bond donors (Lipinski definition) is 3. The summed E-state index contributed by atoms with van der Waals surface area (Å²) in [6.07, 6.45) is 1.17. The molecule has 0 aliphatic carbocycles. The fourth-order valence-corrected chi connectivity index (χ4v) is 2.61. The van der Waals surface area contributed by atoms with E-state index in [9.17, 15) is 22.8 Å². The van der Waals surface area contributed by atoms with Gasteiger partial charge < -0.3 is 4.42 Å². The van der Waals surface area contributed by atoms with Gasteiger partial charge in [0.05, 0.1) is 4.90 Å². The van der Waals surface area contributed by atoms with Crippen molar-refractivity contribution in [2.45, 2.75) is 4.90 Å². The second-order valence-corrected chi connectivity index (χ2v) is 6.42. The Bertz CT molecular complexity index is 994. The zero-order valence-corrected chi connectivity index (χ0v) is 13.2. The largest absolute Gasteiger partial charge is 0.457 e. The maximum absolute atomic E-state index is 11.6. The molecule has 1 saturated heterocycles. The quantitative estimate of drug-likeness (QED) is 0.419. The van der Waals surface area contributed by atoms with Crippen LogP contribution >= 0.6 is 0 Å². The highest BCUT2D eigenvalue weighted by Gasteiger charge is 2.28. The summed E-state index contributed by atoms with van der Waals surface area (Å²) in [5.41, 5.74) is 0.229. The average molecular weight is 362 g/mol. The van der Waals surface area contributed by atoms with E-state index in [1.165, 1.54) is 36.4 Å². The zero-order chi connectivity index (χ0) is 18.2. The molecule has 1 aromatic carbocycles. The van der Waals surface area contributed by atoms with E-state index in [2.05, 4.69) is 0 Å². The maximum Gasteiger partial charge on any atom is 0.328 e. The first kappa shape index (κ1) is 16.6. The van der Waals surface area contributed by atoms with Crippen molar-refractivity contribution in [3.8, 4) is 11.3 Å². The fourth-order valence-electron chi connectivity index (χ4n) is 2.13. The molecule has 128 valence electrons. The summed E-state index contributed by atoms with van der Waals surface area (Å²) in [7, 11) is -4.29. The number of nitrogens with one attached hydrogen (secondary N) is 2. The SMILES string of the molecule is O=C1NC(=O)C(=Cc2ccc(-c3ccc(S(=O)(=O)O)cc3)o2)C(=O)N1. The van der Waals surface area contributed by atoms with Crippen molar-refractivity contribution in [1.29, 1.82) is 0 Å². The molecule has 1 fully saturated rings. The minimum absolute atomic E-state index is 0.184. The summed E-state index contributed by atoms with van der Waals surface area (Å²) in [5, 5.41) is 3.88. The molecule has 25 heavy (non-hydrogen) atoms. The molecule has 2 aromatic rings. The average Bonchev–Trinajstić information content (AvgIpc) is 2.99. The van der Waals surface area contributed by atoms with Crippen molar-refractivity contribution in [2.75, 3.05) is 0 Å². The molecule has 2 heterocycles. The second-order valence-electron chi connectivity index (χ2n) is 5.00. The molecule has 4 amide bonds. The standard InChI is InChI=1S/C15H10N2O7S/c18-13-11(14(19)17-15(20)16-13)7-9-3-6-12(24-9)8-1-4-10(5-2-8)25(21,22)23/h1-7H,(H,21,22,23)(H2,16,17,18,19,20). The predicted octanol–water partition coefficient (Wildman–Crippen LogP) is 0.943. The Hall–Kier alpha value is -3.24. The summed E-state index contributed by atoms with van der Waals surface area (Å²) < 4.78 is 36.5. The van der Waals surface area contributed by atoms with Crippen molar-refractivity contribution in [3.05, 3.63) is 47.7 Å². The Morgan fingerprint density at radius 3 is 2.08 bits per heavy atom. The molecule has 10 heteroatoms. The summed E-state index contributed by atoms with van der Waals surface area (Å²) in [6.45, 7) is 0. The van der Waals surface area contributed by atoms with Crippen LogP contribution in [0.25, 0.3) is 17.4 Å². The van der Waals surface area contributed by atoms with Crippen LogP contribution in [0.15, 0.2) is 51.3 Å². The molecular weight excluding hydrogens is 352 g/mol. The van der Waals surface area contributed by atoms with Crippen LogP contribution in [-0.4, -0.2) is 30.8 Å². The van der Waals surface area contributed by atoms with Crippen LogP contribution in [0.3, 0.4) is 0 Å². The molecular formula is C15H10N2O7S. The number of rotatable bonds is 3. The van der Waals surface area contributed by atoms with Crippen LogP contribution in [0.2, 0.25) is 0 Å². The number of barbiturate groups is 1. The van der Waals surface area contributed by atoms with Gasteiger partial charge in [0.2, 0.25) is 0 Å². The lowest BCUT2D eigenvalue weighted by Crippen LogP contribution is -2.51. The molecule has 0 spiro atoms. The van der Waals surface area contributed by atoms with Crippen molar-refractivity contribution in [2.24, 2.45) is 0 Å². The van der Waals surface area contributed by atoms with Gasteiger partial charge in [-0.3, -0.25) is 24.8 Å². The van der Waals surface area contributed by atoms with Crippen LogP contribution in [0.5, 0.6) is 0 Å². The molecule has 0 atom stereocenters. The van der Waals surface area contributed by atoms with Gasteiger partial charge in [-0.2, -0.15) is 8.42 Å². The Labute approximate surface area is 141 Å². The maximum atomic E-state index is 11.6. The van der Waals surface area contributed by atoms with Crippen molar-refractivity contribution >= 4 is 34.0 Å². The molecule has 1 aliphatic heterocycles. The third-order valence-electron chi connectivity index (χ3n) is 3.29. The van der Waals surface area contributed by atoms with Gasteiger partial charge in [0, 0.05) is 5.56 Å². The number of amides is 4. The van der Waals surface area contributed by atoms with Gasteiger partial charge in [0.1, 0.15) is 17.1 Å². The molecule has 0 radical (unpaired) electrons. The van der Waals surface area contributed by atoms with E-state index < -0.39 is 28.0 Å². The second kappa shape index (κ2) is 6.00. The van der Waals surface area contributed by atoms with E-state index in [0.29, 0.717) is 11.3 Å². The zero-order valence-electron chi connectivity index (χ0n) is 12.3. The normalized spacial score (nSPS) is 14.9. The summed E-state index contributed by atoms with van der Waals surface area (Å²) in [4.78, 5) is 34.0. The molecule has 0 unspecified atom stereocenters. The van der Waals surface area contributed by atoms with E-state index in [4.69, 9.17) is 8.97 Å². The number of carbonyl (C=O) groups excluding carboxylic acids is 3. The Kier molecular flexibility index (Phi) is 3.99. The van der Waals surface area contributed by atoms with Gasteiger partial charge in [-0.15, -0.1) is 0 Å². The number of benzene rings is 1. The molecule has 3 N–H and O–H groups in total. The Morgan fingerprint density at radius 1 is 0.920 bits per heavy atom. The van der Waals surface area contributed by atoms with Gasteiger partial charge >= 0.3 is 6.03 Å². The molecule has 1 aliphatic rings. The van der Waals surface area contributed by atoms with E-state index in [1.807, 2.05) is 10.6 Å². The van der Waals surface area contributed by atoms with Crippen LogP contribution in [0.1, 0.15) is 5.76 Å². The molecule has 1 aromatic heterocycles. The van der Waals surface area contributed by atoms with Crippen molar-refractivity contribution in [1.82, 2.24) is 10.6 Å². The lowest BCUT2D eigenvalue weighted by atomic mass is 10.1. The highest BCUT2D eigenvalue weighted by Crippen LogP contribution is 2.25. The number of furan rings is 1. The summed E-state index contributed by atoms with van der Waals surface area (Å²) >= 11 is 0. The molecule has 3 rings (SSSR count). The van der Waals surface area contributed by atoms with E-state index in [0.717, 1.165) is 0 Å². The van der Waals surface area contributed by atoms with E-state index >= 15 is 0 Å². The monoisotopic (exact) mass is 362 g/mol. The van der Waals surface area contributed by atoms with E-state index in [1.54, 1.807) is 6.07 Å². The predicted molar refractivity (Wildman–Crippen MR) is 83.6 cm³/mol. The lowest BCUT2D eigenvalue weighted by molar-refractivity contribution is -0.123.